The molecule has 3 N–H and O–H groups in total. The fourth-order valence-electron chi connectivity index (χ4n) is 1.69. The summed E-state index contributed by atoms with van der Waals surface area (Å²) in [6.07, 6.45) is -0.105. The first kappa shape index (κ1) is 9.64. The van der Waals surface area contributed by atoms with Gasteiger partial charge in [-0.05, 0) is 6.92 Å². The Hall–Kier alpha value is -1.91. The number of cyclic esters (lactones) is 1. The van der Waals surface area contributed by atoms with Crippen molar-refractivity contribution in [3.63, 3.8) is 0 Å². The Balaban J connectivity index is 2.69. The molecule has 0 saturated carbocycles. The third-order valence-electron chi connectivity index (χ3n) is 2.36. The zero-order valence-electron chi connectivity index (χ0n) is 8.02. The number of phenols is 3. The predicted octanol–water partition coefficient (Wildman–Crippen LogP) is 0.905. The molecular formula is C10H10O5. The number of ether oxygens (including phenoxy) is 1. The van der Waals surface area contributed by atoms with Crippen molar-refractivity contribution in [1.82, 2.24) is 0 Å². The van der Waals surface area contributed by atoms with Crippen LogP contribution in [0.5, 0.6) is 17.2 Å². The maximum Gasteiger partial charge on any atom is 0.342 e. The van der Waals surface area contributed by atoms with Crippen molar-refractivity contribution in [3.8, 4) is 17.2 Å². The normalized spacial score (nSPS) is 19.5. The minimum Gasteiger partial charge on any atom is -0.507 e. The molecule has 80 valence electrons. The fraction of sp³-hybridized carbons (Fsp3) is 0.300. The van der Waals surface area contributed by atoms with Crippen LogP contribution in [0.4, 0.5) is 0 Å². The molecule has 0 saturated heterocycles. The van der Waals surface area contributed by atoms with Crippen LogP contribution >= 0.6 is 0 Å². The highest BCUT2D eigenvalue weighted by Gasteiger charge is 2.30. The quantitative estimate of drug-likeness (QED) is 0.336. The van der Waals surface area contributed by atoms with E-state index in [1.165, 1.54) is 0 Å². The van der Waals surface area contributed by atoms with E-state index >= 15 is 0 Å². The molecule has 0 aromatic heterocycles. The number of rotatable bonds is 0. The van der Waals surface area contributed by atoms with E-state index < -0.39 is 11.7 Å². The van der Waals surface area contributed by atoms with Crippen LogP contribution in [-0.2, 0) is 11.2 Å². The van der Waals surface area contributed by atoms with Crippen LogP contribution in [0, 0.1) is 0 Å². The summed E-state index contributed by atoms with van der Waals surface area (Å²) in [5.74, 6) is -1.87. The maximum absolute atomic E-state index is 11.4. The molecule has 1 heterocycles. The lowest BCUT2D eigenvalue weighted by molar-refractivity contribution is 0.0293. The van der Waals surface area contributed by atoms with Crippen LogP contribution in [0.1, 0.15) is 22.8 Å². The van der Waals surface area contributed by atoms with Crippen LogP contribution < -0.4 is 0 Å². The summed E-state index contributed by atoms with van der Waals surface area (Å²) in [6.45, 7) is 1.67. The molecule has 0 amide bonds. The molecule has 1 aromatic rings. The molecule has 5 heteroatoms. The molecule has 1 aliphatic heterocycles. The van der Waals surface area contributed by atoms with E-state index in [9.17, 15) is 20.1 Å². The van der Waals surface area contributed by atoms with Gasteiger partial charge in [0.25, 0.3) is 0 Å². The van der Waals surface area contributed by atoms with Gasteiger partial charge in [0.2, 0.25) is 0 Å². The summed E-state index contributed by atoms with van der Waals surface area (Å²) >= 11 is 0. The highest BCUT2D eigenvalue weighted by Crippen LogP contribution is 2.40. The average Bonchev–Trinajstić information content (AvgIpc) is 2.12. The Labute approximate surface area is 85.5 Å². The van der Waals surface area contributed by atoms with Crippen LogP contribution in [-0.4, -0.2) is 27.4 Å². The van der Waals surface area contributed by atoms with Crippen molar-refractivity contribution in [1.29, 1.82) is 0 Å². The SMILES string of the molecule is C[C@H]1Cc2c(O)c(O)cc(O)c2C(=O)O1. The first-order valence-electron chi connectivity index (χ1n) is 4.48. The second-order valence-corrected chi connectivity index (χ2v) is 3.54. The van der Waals surface area contributed by atoms with Crippen molar-refractivity contribution in [2.24, 2.45) is 0 Å². The van der Waals surface area contributed by atoms with E-state index in [4.69, 9.17) is 4.74 Å². The topological polar surface area (TPSA) is 87.0 Å². The van der Waals surface area contributed by atoms with Crippen LogP contribution in [0.25, 0.3) is 0 Å². The summed E-state index contributed by atoms with van der Waals surface area (Å²) < 4.78 is 4.90. The van der Waals surface area contributed by atoms with Gasteiger partial charge in [0.15, 0.2) is 11.5 Å². The summed E-state index contributed by atoms with van der Waals surface area (Å²) in [5.41, 5.74) is 0.166. The van der Waals surface area contributed by atoms with Gasteiger partial charge in [-0.3, -0.25) is 0 Å². The van der Waals surface area contributed by atoms with Gasteiger partial charge in [0.05, 0.1) is 0 Å². The first-order valence-corrected chi connectivity index (χ1v) is 4.48. The number of hydrogen-bond donors (Lipinski definition) is 3. The van der Waals surface area contributed by atoms with Gasteiger partial charge in [0, 0.05) is 18.1 Å². The van der Waals surface area contributed by atoms with E-state index in [-0.39, 0.29) is 35.2 Å². The Kier molecular flexibility index (Phi) is 1.96. The largest absolute Gasteiger partial charge is 0.507 e. The smallest absolute Gasteiger partial charge is 0.342 e. The van der Waals surface area contributed by atoms with Crippen molar-refractivity contribution >= 4 is 5.97 Å². The lowest BCUT2D eigenvalue weighted by Crippen LogP contribution is -2.25. The molecule has 0 radical (unpaired) electrons. The zero-order chi connectivity index (χ0) is 11.2. The van der Waals surface area contributed by atoms with E-state index in [0.29, 0.717) is 0 Å². The van der Waals surface area contributed by atoms with Gasteiger partial charge in [-0.15, -0.1) is 0 Å². The molecule has 5 nitrogen and oxygen atoms in total. The van der Waals surface area contributed by atoms with Gasteiger partial charge >= 0.3 is 5.97 Å². The first-order chi connectivity index (χ1) is 7.00. The molecule has 1 atom stereocenters. The Bertz CT molecular complexity index is 438. The maximum atomic E-state index is 11.4. The van der Waals surface area contributed by atoms with Gasteiger partial charge in [-0.2, -0.15) is 0 Å². The molecule has 2 rings (SSSR count). The Morgan fingerprint density at radius 2 is 2.00 bits per heavy atom. The standard InChI is InChI=1S/C10H10O5/c1-4-2-5-8(10(14)15-4)6(11)3-7(12)9(5)13/h3-4,11-13H,2H2,1H3/t4-/m0/s1. The van der Waals surface area contributed by atoms with Gasteiger partial charge in [-0.25, -0.2) is 4.79 Å². The number of fused-ring (bicyclic) bond motifs is 1. The number of hydrogen-bond acceptors (Lipinski definition) is 5. The predicted molar refractivity (Wildman–Crippen MR) is 50.0 cm³/mol. The second kappa shape index (κ2) is 3.05. The summed E-state index contributed by atoms with van der Waals surface area (Å²) in [6, 6.07) is 0.922. The Morgan fingerprint density at radius 3 is 2.67 bits per heavy atom. The van der Waals surface area contributed by atoms with E-state index in [1.807, 2.05) is 0 Å². The zero-order valence-corrected chi connectivity index (χ0v) is 8.02. The monoisotopic (exact) mass is 210 g/mol. The van der Waals surface area contributed by atoms with E-state index in [2.05, 4.69) is 0 Å². The number of aromatic hydroxyl groups is 3. The van der Waals surface area contributed by atoms with Crippen molar-refractivity contribution < 1.29 is 24.9 Å². The highest BCUT2D eigenvalue weighted by molar-refractivity contribution is 5.96. The summed E-state index contributed by atoms with van der Waals surface area (Å²) in [5, 5.41) is 28.2. The van der Waals surface area contributed by atoms with Crippen molar-refractivity contribution in [2.75, 3.05) is 0 Å². The third kappa shape index (κ3) is 1.36. The number of phenolic OH excluding ortho intramolecular Hbond substituents is 3. The molecule has 0 aliphatic carbocycles. The van der Waals surface area contributed by atoms with Gasteiger partial charge < -0.3 is 20.1 Å². The van der Waals surface area contributed by atoms with Gasteiger partial charge in [-0.1, -0.05) is 0 Å². The number of carbonyl (C=O) groups is 1. The third-order valence-corrected chi connectivity index (χ3v) is 2.36. The van der Waals surface area contributed by atoms with Crippen LogP contribution in [0.15, 0.2) is 6.07 Å². The molecular weight excluding hydrogens is 200 g/mol. The minimum atomic E-state index is -0.684. The summed E-state index contributed by atoms with van der Waals surface area (Å²) in [4.78, 5) is 11.4. The fourth-order valence-corrected chi connectivity index (χ4v) is 1.69. The van der Waals surface area contributed by atoms with Crippen molar-refractivity contribution in [2.45, 2.75) is 19.4 Å². The molecule has 0 spiro atoms. The van der Waals surface area contributed by atoms with E-state index in [0.717, 1.165) is 6.07 Å². The highest BCUT2D eigenvalue weighted by atomic mass is 16.5. The molecule has 0 fully saturated rings. The number of esters is 1. The molecule has 1 aromatic carbocycles. The molecule has 0 unspecified atom stereocenters. The number of benzene rings is 1. The second-order valence-electron chi connectivity index (χ2n) is 3.54. The van der Waals surface area contributed by atoms with E-state index in [1.54, 1.807) is 6.92 Å². The van der Waals surface area contributed by atoms with Gasteiger partial charge in [0.1, 0.15) is 17.4 Å². The lowest BCUT2D eigenvalue weighted by Gasteiger charge is -2.23. The average molecular weight is 210 g/mol. The minimum absolute atomic E-state index is 0.0663. The van der Waals surface area contributed by atoms with Crippen molar-refractivity contribution in [3.05, 3.63) is 17.2 Å². The molecule has 0 bridgehead atoms. The summed E-state index contributed by atoms with van der Waals surface area (Å²) in [7, 11) is 0. The van der Waals surface area contributed by atoms with Crippen LogP contribution in [0.2, 0.25) is 0 Å². The molecule has 15 heavy (non-hydrogen) atoms. The van der Waals surface area contributed by atoms with Crippen LogP contribution in [0.3, 0.4) is 0 Å². The number of carbonyl (C=O) groups excluding carboxylic acids is 1. The Morgan fingerprint density at radius 1 is 1.33 bits per heavy atom. The lowest BCUT2D eigenvalue weighted by atomic mass is 9.97. The molecule has 1 aliphatic rings.